The Morgan fingerprint density at radius 2 is 2.05 bits per heavy atom. The van der Waals surface area contributed by atoms with Gasteiger partial charge in [0.15, 0.2) is 5.69 Å². The minimum atomic E-state index is -1.20. The maximum atomic E-state index is 13.0. The maximum Gasteiger partial charge on any atom is 0.358 e. The van der Waals surface area contributed by atoms with Gasteiger partial charge >= 0.3 is 5.97 Å². The summed E-state index contributed by atoms with van der Waals surface area (Å²) in [6, 6.07) is 5.48. The molecule has 0 aliphatic carbocycles. The fraction of sp³-hybridized carbons (Fsp3) is 0.0769. The van der Waals surface area contributed by atoms with Gasteiger partial charge in [-0.15, -0.1) is 16.4 Å². The Kier molecular flexibility index (Phi) is 3.22. The number of rotatable bonds is 3. The molecule has 0 amide bonds. The van der Waals surface area contributed by atoms with Crippen LogP contribution in [-0.2, 0) is 0 Å². The number of benzene rings is 1. The fourth-order valence-electron chi connectivity index (χ4n) is 1.87. The number of carboxylic acid groups (broad SMARTS) is 1. The number of carboxylic acids is 1. The summed E-state index contributed by atoms with van der Waals surface area (Å²) >= 11 is 1.32. The minimum absolute atomic E-state index is 0.200. The van der Waals surface area contributed by atoms with Gasteiger partial charge in [-0.05, 0) is 31.2 Å². The van der Waals surface area contributed by atoms with Crippen LogP contribution in [0.25, 0.3) is 16.4 Å². The summed E-state index contributed by atoms with van der Waals surface area (Å²) in [7, 11) is 0. The summed E-state index contributed by atoms with van der Waals surface area (Å²) in [6.45, 7) is 1.83. The highest BCUT2D eigenvalue weighted by Crippen LogP contribution is 2.26. The Bertz CT molecular complexity index is 810. The fourth-order valence-corrected chi connectivity index (χ4v) is 2.62. The summed E-state index contributed by atoms with van der Waals surface area (Å²) in [5.41, 5.74) is 1.38. The molecule has 2 aromatic heterocycles. The van der Waals surface area contributed by atoms with Gasteiger partial charge in [0.25, 0.3) is 0 Å². The van der Waals surface area contributed by atoms with Crippen LogP contribution in [-0.4, -0.2) is 31.1 Å². The summed E-state index contributed by atoms with van der Waals surface area (Å²) in [4.78, 5) is 15.6. The van der Waals surface area contributed by atoms with Gasteiger partial charge in [-0.25, -0.2) is 14.2 Å². The van der Waals surface area contributed by atoms with Crippen molar-refractivity contribution in [1.29, 1.82) is 0 Å². The highest BCUT2D eigenvalue weighted by molar-refractivity contribution is 7.12. The van der Waals surface area contributed by atoms with E-state index in [0.29, 0.717) is 10.7 Å². The Morgan fingerprint density at radius 3 is 2.62 bits per heavy atom. The Morgan fingerprint density at radius 1 is 1.33 bits per heavy atom. The van der Waals surface area contributed by atoms with Crippen LogP contribution < -0.4 is 0 Å². The first-order valence-electron chi connectivity index (χ1n) is 5.93. The van der Waals surface area contributed by atoms with Crippen molar-refractivity contribution in [2.75, 3.05) is 0 Å². The molecule has 106 valence electrons. The SMILES string of the molecule is Cc1csc(-n2nnc(C(=O)O)c2-c2ccc(F)cc2)n1. The number of carbonyl (C=O) groups is 1. The molecular formula is C13H9FN4O2S. The van der Waals surface area contributed by atoms with Crippen LogP contribution in [0.5, 0.6) is 0 Å². The van der Waals surface area contributed by atoms with Crippen molar-refractivity contribution >= 4 is 17.3 Å². The standard InChI is InChI=1S/C13H9FN4O2S/c1-7-6-21-13(15-7)18-11(10(12(19)20)16-17-18)8-2-4-9(14)5-3-8/h2-6H,1H3,(H,19,20). The molecule has 0 saturated carbocycles. The third-order valence-electron chi connectivity index (χ3n) is 2.78. The van der Waals surface area contributed by atoms with Crippen LogP contribution in [0.4, 0.5) is 4.39 Å². The van der Waals surface area contributed by atoms with E-state index >= 15 is 0 Å². The van der Waals surface area contributed by atoms with Crippen LogP contribution in [0.2, 0.25) is 0 Å². The lowest BCUT2D eigenvalue weighted by Gasteiger charge is -2.04. The maximum absolute atomic E-state index is 13.0. The van der Waals surface area contributed by atoms with Gasteiger partial charge in [-0.3, -0.25) is 0 Å². The first-order valence-corrected chi connectivity index (χ1v) is 6.81. The third kappa shape index (κ3) is 2.40. The van der Waals surface area contributed by atoms with Crippen molar-refractivity contribution < 1.29 is 14.3 Å². The number of aromatic nitrogens is 4. The van der Waals surface area contributed by atoms with E-state index in [9.17, 15) is 14.3 Å². The first-order chi connectivity index (χ1) is 10.1. The van der Waals surface area contributed by atoms with Gasteiger partial charge in [0, 0.05) is 10.9 Å². The molecule has 21 heavy (non-hydrogen) atoms. The molecule has 0 aliphatic rings. The number of halogens is 1. The monoisotopic (exact) mass is 304 g/mol. The van der Waals surface area contributed by atoms with E-state index in [1.807, 2.05) is 12.3 Å². The summed E-state index contributed by atoms with van der Waals surface area (Å²) in [5.74, 6) is -1.60. The van der Waals surface area contributed by atoms with Crippen LogP contribution in [0, 0.1) is 12.7 Å². The van der Waals surface area contributed by atoms with Crippen LogP contribution in [0.15, 0.2) is 29.6 Å². The number of aryl methyl sites for hydroxylation is 1. The molecule has 3 aromatic rings. The minimum Gasteiger partial charge on any atom is -0.476 e. The highest BCUT2D eigenvalue weighted by atomic mass is 32.1. The largest absolute Gasteiger partial charge is 0.476 e. The van der Waals surface area contributed by atoms with Crippen molar-refractivity contribution in [1.82, 2.24) is 20.0 Å². The second kappa shape index (κ2) is 5.06. The van der Waals surface area contributed by atoms with Crippen molar-refractivity contribution in [2.24, 2.45) is 0 Å². The van der Waals surface area contributed by atoms with Gasteiger partial charge in [0.1, 0.15) is 11.5 Å². The number of thiazole rings is 1. The van der Waals surface area contributed by atoms with Gasteiger partial charge in [-0.2, -0.15) is 4.68 Å². The van der Waals surface area contributed by atoms with Crippen molar-refractivity contribution in [2.45, 2.75) is 6.92 Å². The van der Waals surface area contributed by atoms with E-state index in [1.165, 1.54) is 40.3 Å². The molecule has 3 rings (SSSR count). The molecule has 0 aliphatic heterocycles. The molecular weight excluding hydrogens is 295 g/mol. The molecule has 0 radical (unpaired) electrons. The van der Waals surface area contributed by atoms with E-state index < -0.39 is 11.8 Å². The zero-order chi connectivity index (χ0) is 15.0. The average Bonchev–Trinajstić information content (AvgIpc) is 3.05. The van der Waals surface area contributed by atoms with E-state index in [2.05, 4.69) is 15.3 Å². The predicted molar refractivity (Wildman–Crippen MR) is 74.1 cm³/mol. The normalized spacial score (nSPS) is 10.8. The smallest absolute Gasteiger partial charge is 0.358 e. The molecule has 0 atom stereocenters. The molecule has 0 spiro atoms. The molecule has 0 fully saturated rings. The van der Waals surface area contributed by atoms with Gasteiger partial charge in [0.05, 0.1) is 5.69 Å². The zero-order valence-corrected chi connectivity index (χ0v) is 11.6. The van der Waals surface area contributed by atoms with Gasteiger partial charge in [-0.1, -0.05) is 5.21 Å². The average molecular weight is 304 g/mol. The van der Waals surface area contributed by atoms with Crippen molar-refractivity contribution in [3.8, 4) is 16.4 Å². The summed E-state index contributed by atoms with van der Waals surface area (Å²) in [5, 5.41) is 19.1. The number of hydrogen-bond acceptors (Lipinski definition) is 5. The third-order valence-corrected chi connectivity index (χ3v) is 3.71. The second-order valence-corrected chi connectivity index (χ2v) is 5.12. The number of aromatic carboxylic acids is 1. The van der Waals surface area contributed by atoms with Gasteiger partial charge < -0.3 is 5.11 Å². The number of hydrogen-bond donors (Lipinski definition) is 1. The lowest BCUT2D eigenvalue weighted by molar-refractivity contribution is 0.0691. The zero-order valence-electron chi connectivity index (χ0n) is 10.8. The molecule has 1 aromatic carbocycles. The van der Waals surface area contributed by atoms with Crippen LogP contribution in [0.3, 0.4) is 0 Å². The lowest BCUT2D eigenvalue weighted by Crippen LogP contribution is -2.03. The predicted octanol–water partition coefficient (Wildman–Crippen LogP) is 2.54. The Hall–Kier alpha value is -2.61. The first kappa shape index (κ1) is 13.4. The van der Waals surface area contributed by atoms with Crippen molar-refractivity contribution in [3.05, 3.63) is 46.9 Å². The van der Waals surface area contributed by atoms with E-state index in [-0.39, 0.29) is 11.4 Å². The summed E-state index contributed by atoms with van der Waals surface area (Å²) in [6.07, 6.45) is 0. The Balaban J connectivity index is 2.22. The lowest BCUT2D eigenvalue weighted by atomic mass is 10.1. The van der Waals surface area contributed by atoms with Gasteiger partial charge in [0.2, 0.25) is 5.13 Å². The molecule has 6 nitrogen and oxygen atoms in total. The second-order valence-electron chi connectivity index (χ2n) is 4.28. The quantitative estimate of drug-likeness (QED) is 0.804. The number of nitrogens with zero attached hydrogens (tertiary/aromatic N) is 4. The molecule has 0 bridgehead atoms. The summed E-state index contributed by atoms with van der Waals surface area (Å²) < 4.78 is 14.4. The van der Waals surface area contributed by atoms with Crippen molar-refractivity contribution in [3.63, 3.8) is 0 Å². The molecule has 0 unspecified atom stereocenters. The topological polar surface area (TPSA) is 80.9 Å². The highest BCUT2D eigenvalue weighted by Gasteiger charge is 2.22. The van der Waals surface area contributed by atoms with E-state index in [1.54, 1.807) is 0 Å². The van der Waals surface area contributed by atoms with Crippen LogP contribution >= 0.6 is 11.3 Å². The molecule has 0 saturated heterocycles. The Labute approximate surface area is 122 Å². The van der Waals surface area contributed by atoms with Crippen LogP contribution in [0.1, 0.15) is 16.2 Å². The van der Waals surface area contributed by atoms with E-state index in [0.717, 1.165) is 5.69 Å². The molecule has 1 N–H and O–H groups in total. The van der Waals surface area contributed by atoms with E-state index in [4.69, 9.17) is 0 Å². The molecule has 2 heterocycles. The molecule has 8 heteroatoms.